The van der Waals surface area contributed by atoms with E-state index in [0.717, 1.165) is 0 Å². The topological polar surface area (TPSA) is 92.7 Å². The maximum atomic E-state index is 11.7. The second-order valence-corrected chi connectivity index (χ2v) is 4.70. The molecule has 0 radical (unpaired) electrons. The Morgan fingerprint density at radius 3 is 2.78 bits per heavy atom. The normalized spacial score (nSPS) is 10.3. The number of amides is 2. The van der Waals surface area contributed by atoms with Gasteiger partial charge in [0.2, 0.25) is 0 Å². The van der Waals surface area contributed by atoms with E-state index < -0.39 is 11.8 Å². The Kier molecular flexibility index (Phi) is 5.65. The maximum absolute atomic E-state index is 11.7. The molecule has 2 rings (SSSR count). The Balaban J connectivity index is 1.91. The molecule has 0 aliphatic rings. The van der Waals surface area contributed by atoms with Crippen LogP contribution in [0.4, 0.5) is 5.69 Å². The summed E-state index contributed by atoms with van der Waals surface area (Å²) in [6.45, 7) is 0. The number of methoxy groups -OCH3 is 1. The fourth-order valence-corrected chi connectivity index (χ4v) is 1.86. The Morgan fingerprint density at radius 1 is 1.30 bits per heavy atom. The van der Waals surface area contributed by atoms with E-state index in [9.17, 15) is 9.59 Å². The van der Waals surface area contributed by atoms with Crippen LogP contribution in [0.2, 0.25) is 5.02 Å². The molecule has 0 saturated carbocycles. The number of rotatable bonds is 4. The van der Waals surface area contributed by atoms with Crippen LogP contribution in [-0.2, 0) is 9.59 Å². The molecule has 8 heteroatoms. The van der Waals surface area contributed by atoms with E-state index in [0.29, 0.717) is 22.0 Å². The smallest absolute Gasteiger partial charge is 0.329 e. The predicted molar refractivity (Wildman–Crippen MR) is 86.6 cm³/mol. The second kappa shape index (κ2) is 7.90. The highest BCUT2D eigenvalue weighted by molar-refractivity contribution is 6.40. The van der Waals surface area contributed by atoms with E-state index in [1.54, 1.807) is 36.7 Å². The van der Waals surface area contributed by atoms with Gasteiger partial charge in [-0.15, -0.1) is 0 Å². The summed E-state index contributed by atoms with van der Waals surface area (Å²) in [5, 5.41) is 6.40. The summed E-state index contributed by atoms with van der Waals surface area (Å²) in [6, 6.07) is 8.10. The monoisotopic (exact) mass is 332 g/mol. The number of halogens is 1. The van der Waals surface area contributed by atoms with Crippen molar-refractivity contribution >= 4 is 35.3 Å². The molecule has 2 amide bonds. The Labute approximate surface area is 137 Å². The van der Waals surface area contributed by atoms with Gasteiger partial charge in [-0.25, -0.2) is 5.43 Å². The van der Waals surface area contributed by atoms with E-state index in [2.05, 4.69) is 20.8 Å². The number of pyridine rings is 1. The fourth-order valence-electron chi connectivity index (χ4n) is 1.60. The van der Waals surface area contributed by atoms with Crippen LogP contribution in [0, 0.1) is 0 Å². The number of nitrogens with zero attached hydrogens (tertiary/aromatic N) is 2. The van der Waals surface area contributed by atoms with Gasteiger partial charge in [-0.1, -0.05) is 17.7 Å². The van der Waals surface area contributed by atoms with Gasteiger partial charge in [0.05, 0.1) is 18.3 Å². The molecule has 23 heavy (non-hydrogen) atoms. The minimum Gasteiger partial charge on any atom is -0.495 e. The Morgan fingerprint density at radius 2 is 2.13 bits per heavy atom. The first-order valence-corrected chi connectivity index (χ1v) is 6.86. The van der Waals surface area contributed by atoms with E-state index >= 15 is 0 Å². The Hall–Kier alpha value is -2.93. The van der Waals surface area contributed by atoms with Crippen LogP contribution >= 0.6 is 11.6 Å². The molecule has 2 aromatic rings. The van der Waals surface area contributed by atoms with Crippen molar-refractivity contribution in [2.24, 2.45) is 5.10 Å². The van der Waals surface area contributed by atoms with Crippen molar-refractivity contribution in [2.75, 3.05) is 12.4 Å². The number of ether oxygens (including phenoxy) is 1. The van der Waals surface area contributed by atoms with Gasteiger partial charge in [0.15, 0.2) is 0 Å². The van der Waals surface area contributed by atoms with Gasteiger partial charge >= 0.3 is 11.8 Å². The number of benzene rings is 1. The third kappa shape index (κ3) is 4.79. The third-order valence-electron chi connectivity index (χ3n) is 2.68. The van der Waals surface area contributed by atoms with Gasteiger partial charge in [0.25, 0.3) is 0 Å². The number of nitrogens with one attached hydrogen (secondary N) is 2. The van der Waals surface area contributed by atoms with Crippen LogP contribution in [0.25, 0.3) is 0 Å². The highest BCUT2D eigenvalue weighted by atomic mass is 35.5. The second-order valence-electron chi connectivity index (χ2n) is 4.29. The van der Waals surface area contributed by atoms with Crippen molar-refractivity contribution < 1.29 is 14.3 Å². The van der Waals surface area contributed by atoms with Gasteiger partial charge in [-0.05, 0) is 24.3 Å². The molecule has 0 unspecified atom stereocenters. The summed E-state index contributed by atoms with van der Waals surface area (Å²) in [4.78, 5) is 27.3. The first-order chi connectivity index (χ1) is 11.1. The molecule has 0 saturated heterocycles. The molecule has 0 aliphatic heterocycles. The summed E-state index contributed by atoms with van der Waals surface area (Å²) in [6.07, 6.45) is 4.56. The average molecular weight is 333 g/mol. The van der Waals surface area contributed by atoms with Crippen LogP contribution < -0.4 is 15.5 Å². The summed E-state index contributed by atoms with van der Waals surface area (Å²) in [5.41, 5.74) is 3.18. The molecule has 0 aliphatic carbocycles. The molecule has 0 atom stereocenters. The molecular formula is C15H13ClN4O3. The lowest BCUT2D eigenvalue weighted by atomic mass is 10.3. The number of aromatic nitrogens is 1. The lowest BCUT2D eigenvalue weighted by molar-refractivity contribution is -0.136. The number of carbonyl (C=O) groups is 2. The van der Waals surface area contributed by atoms with Gasteiger partial charge in [-0.2, -0.15) is 5.10 Å². The lowest BCUT2D eigenvalue weighted by Crippen LogP contribution is -2.32. The van der Waals surface area contributed by atoms with Crippen LogP contribution in [0.1, 0.15) is 5.56 Å². The molecule has 7 nitrogen and oxygen atoms in total. The van der Waals surface area contributed by atoms with Crippen molar-refractivity contribution in [1.29, 1.82) is 0 Å². The lowest BCUT2D eigenvalue weighted by Gasteiger charge is -2.07. The van der Waals surface area contributed by atoms with Crippen LogP contribution in [-0.4, -0.2) is 30.1 Å². The summed E-state index contributed by atoms with van der Waals surface area (Å²) in [7, 11) is 1.48. The molecule has 0 spiro atoms. The minimum absolute atomic E-state index is 0.320. The first kappa shape index (κ1) is 16.4. The molecule has 118 valence electrons. The molecule has 0 bridgehead atoms. The quantitative estimate of drug-likeness (QED) is 0.507. The number of hydrazone groups is 1. The summed E-state index contributed by atoms with van der Waals surface area (Å²) >= 11 is 5.94. The molecule has 2 N–H and O–H groups in total. The Bertz CT molecular complexity index is 735. The SMILES string of the molecule is COc1ccc(NC(=O)C(=O)N/N=C\c2cccnc2)cc1Cl. The van der Waals surface area contributed by atoms with E-state index in [-0.39, 0.29) is 0 Å². The number of hydrogen-bond acceptors (Lipinski definition) is 5. The fraction of sp³-hybridized carbons (Fsp3) is 0.0667. The first-order valence-electron chi connectivity index (χ1n) is 6.48. The van der Waals surface area contributed by atoms with Crippen molar-refractivity contribution in [3.05, 3.63) is 53.3 Å². The zero-order chi connectivity index (χ0) is 16.7. The average Bonchev–Trinajstić information content (AvgIpc) is 2.56. The highest BCUT2D eigenvalue weighted by Crippen LogP contribution is 2.27. The van der Waals surface area contributed by atoms with Crippen LogP contribution in [0.15, 0.2) is 47.8 Å². The number of anilines is 1. The van der Waals surface area contributed by atoms with Crippen molar-refractivity contribution in [3.8, 4) is 5.75 Å². The minimum atomic E-state index is -0.905. The largest absolute Gasteiger partial charge is 0.495 e. The van der Waals surface area contributed by atoms with Crippen LogP contribution in [0.3, 0.4) is 0 Å². The molecule has 1 heterocycles. The van der Waals surface area contributed by atoms with Crippen molar-refractivity contribution in [2.45, 2.75) is 0 Å². The van der Waals surface area contributed by atoms with Crippen molar-refractivity contribution in [1.82, 2.24) is 10.4 Å². The summed E-state index contributed by atoms with van der Waals surface area (Å²) < 4.78 is 5.00. The standard InChI is InChI=1S/C15H13ClN4O3/c1-23-13-5-4-11(7-12(13)16)19-14(21)15(22)20-18-9-10-3-2-6-17-8-10/h2-9H,1H3,(H,19,21)(H,20,22)/b18-9-. The molecule has 0 fully saturated rings. The summed E-state index contributed by atoms with van der Waals surface area (Å²) in [5.74, 6) is -1.30. The third-order valence-corrected chi connectivity index (χ3v) is 2.98. The van der Waals surface area contributed by atoms with Crippen LogP contribution in [0.5, 0.6) is 5.75 Å². The van der Waals surface area contributed by atoms with E-state index in [4.69, 9.17) is 16.3 Å². The van der Waals surface area contributed by atoms with Gasteiger partial charge < -0.3 is 10.1 Å². The number of hydrogen-bond donors (Lipinski definition) is 2. The van der Waals surface area contributed by atoms with Gasteiger partial charge in [-0.3, -0.25) is 14.6 Å². The maximum Gasteiger partial charge on any atom is 0.329 e. The molecule has 1 aromatic heterocycles. The number of carbonyl (C=O) groups excluding carboxylic acids is 2. The van der Waals surface area contributed by atoms with E-state index in [1.807, 2.05) is 0 Å². The van der Waals surface area contributed by atoms with E-state index in [1.165, 1.54) is 19.4 Å². The zero-order valence-corrected chi connectivity index (χ0v) is 12.9. The molecular weight excluding hydrogens is 320 g/mol. The highest BCUT2D eigenvalue weighted by Gasteiger charge is 2.13. The van der Waals surface area contributed by atoms with Gasteiger partial charge in [0, 0.05) is 23.6 Å². The zero-order valence-electron chi connectivity index (χ0n) is 12.1. The predicted octanol–water partition coefficient (Wildman–Crippen LogP) is 1.83. The molecule has 1 aromatic carbocycles. The van der Waals surface area contributed by atoms with Crippen molar-refractivity contribution in [3.63, 3.8) is 0 Å². The van der Waals surface area contributed by atoms with Gasteiger partial charge in [0.1, 0.15) is 5.75 Å².